The van der Waals surface area contributed by atoms with Gasteiger partial charge in [-0.1, -0.05) is 0 Å². The van der Waals surface area contributed by atoms with Crippen LogP contribution in [0.15, 0.2) is 5.11 Å². The van der Waals surface area contributed by atoms with Gasteiger partial charge in [-0.05, 0) is 10.6 Å². The summed E-state index contributed by atoms with van der Waals surface area (Å²) in [5.41, 5.74) is 7.37. The van der Waals surface area contributed by atoms with Gasteiger partial charge < -0.3 is 5.41 Å². The highest BCUT2D eigenvalue weighted by molar-refractivity contribution is 5.50. The van der Waals surface area contributed by atoms with Gasteiger partial charge in [0.2, 0.25) is 0 Å². The molecule has 0 aliphatic rings. The van der Waals surface area contributed by atoms with Crippen LogP contribution in [0.2, 0.25) is 0 Å². The minimum Gasteiger partial charge on any atom is -0.307 e. The number of nitrogens with one attached hydrogen (secondary N) is 1. The van der Waals surface area contributed by atoms with Gasteiger partial charge in [0.25, 0.3) is 0 Å². The monoisotopic (exact) mass is 70.0 g/mol. The predicted molar refractivity (Wildman–Crippen MR) is 17.9 cm³/mol. The molecule has 0 heterocycles. The van der Waals surface area contributed by atoms with Gasteiger partial charge >= 0.3 is 0 Å². The zero-order chi connectivity index (χ0) is 4.12. The van der Waals surface area contributed by atoms with Crippen molar-refractivity contribution in [2.24, 2.45) is 5.11 Å². The van der Waals surface area contributed by atoms with Crippen molar-refractivity contribution in [1.82, 2.24) is 0 Å². The molecule has 0 rings (SSSR count). The molecule has 0 radical (unpaired) electrons. The first-order valence-corrected chi connectivity index (χ1v) is 0.947. The number of hydrogen-bond donors (Lipinski definition) is 1. The van der Waals surface area contributed by atoms with Gasteiger partial charge in [-0.25, -0.2) is 0 Å². The summed E-state index contributed by atoms with van der Waals surface area (Å²) in [7, 11) is 0. The van der Waals surface area contributed by atoms with Crippen molar-refractivity contribution in [1.29, 1.82) is 5.41 Å². The van der Waals surface area contributed by atoms with E-state index in [2.05, 4.69) is 10.0 Å². The van der Waals surface area contributed by atoms with Crippen molar-refractivity contribution in [2.45, 2.75) is 0 Å². The molecule has 0 saturated carbocycles. The molecule has 0 aliphatic heterocycles. The third kappa shape index (κ3) is 2.98. The summed E-state index contributed by atoms with van der Waals surface area (Å²) < 4.78 is 0. The third-order valence-electron chi connectivity index (χ3n) is 0.109. The van der Waals surface area contributed by atoms with Crippen LogP contribution in [-0.2, 0) is 0 Å². The van der Waals surface area contributed by atoms with Gasteiger partial charge in [0, 0.05) is 4.91 Å². The van der Waals surface area contributed by atoms with E-state index >= 15 is 0 Å². The molecular weight excluding hydrogens is 68.0 g/mol. The van der Waals surface area contributed by atoms with E-state index in [1.54, 1.807) is 0 Å². The molecule has 5 heavy (non-hydrogen) atoms. The Kier molecular flexibility index (Phi) is 2.37. The normalized spacial score (nSPS) is 4.80. The van der Waals surface area contributed by atoms with E-state index in [-0.39, 0.29) is 0 Å². The van der Waals surface area contributed by atoms with Crippen molar-refractivity contribution in [3.63, 3.8) is 0 Å². The minimum absolute atomic E-state index is 0.639. The predicted octanol–water partition coefficient (Wildman–Crippen LogP) is 0.904. The molecule has 0 aromatic carbocycles. The lowest BCUT2D eigenvalue weighted by atomic mass is 11.4. The van der Waals surface area contributed by atoms with Crippen LogP contribution in [0.5, 0.6) is 0 Å². The Hall–Kier alpha value is -1.02. The fourth-order valence-electron chi connectivity index (χ4n) is 0.0258. The summed E-state index contributed by atoms with van der Waals surface area (Å²) in [5.74, 6) is 0. The molecule has 0 spiro atoms. The van der Waals surface area contributed by atoms with Crippen LogP contribution >= 0.6 is 0 Å². The Bertz CT molecular complexity index is 67.7. The van der Waals surface area contributed by atoms with Crippen molar-refractivity contribution in [3.8, 4) is 0 Å². The maximum atomic E-state index is 7.37. The minimum atomic E-state index is 0.639. The lowest BCUT2D eigenvalue weighted by Gasteiger charge is -1.44. The van der Waals surface area contributed by atoms with Crippen molar-refractivity contribution in [2.75, 3.05) is 0 Å². The summed E-state index contributed by atoms with van der Waals surface area (Å²) in [6.07, 6.45) is 0.639. The standard InChI is InChI=1S/CH2N4/c2-1-4-5-3/h1-2H. The highest BCUT2D eigenvalue weighted by Gasteiger charge is 1.40. The molecule has 0 amide bonds. The number of nitrogens with zero attached hydrogens (tertiary/aromatic N) is 3. The van der Waals surface area contributed by atoms with Crippen LogP contribution in [-0.4, -0.2) is 6.34 Å². The van der Waals surface area contributed by atoms with Gasteiger partial charge in [-0.2, -0.15) is 0 Å². The fraction of sp³-hybridized carbons (Fsp3) is 0. The fourth-order valence-corrected chi connectivity index (χ4v) is 0.0258. The zero-order valence-corrected chi connectivity index (χ0v) is 2.42. The van der Waals surface area contributed by atoms with Crippen molar-refractivity contribution in [3.05, 3.63) is 10.4 Å². The summed E-state index contributed by atoms with van der Waals surface area (Å²) in [6.45, 7) is 0. The van der Waals surface area contributed by atoms with Crippen molar-refractivity contribution >= 4 is 6.34 Å². The van der Waals surface area contributed by atoms with E-state index in [4.69, 9.17) is 10.9 Å². The summed E-state index contributed by atoms with van der Waals surface area (Å²) in [5, 5.41) is 8.75. The van der Waals surface area contributed by atoms with Crippen LogP contribution in [0.25, 0.3) is 10.4 Å². The molecule has 4 nitrogen and oxygen atoms in total. The molecular formula is CH2N4. The first-order valence-electron chi connectivity index (χ1n) is 0.947. The molecule has 0 aliphatic carbocycles. The van der Waals surface area contributed by atoms with Crippen LogP contribution in [0.3, 0.4) is 0 Å². The average molecular weight is 70.1 g/mol. The second-order valence-corrected chi connectivity index (χ2v) is 0.334. The largest absolute Gasteiger partial charge is 0.307 e. The molecule has 0 saturated heterocycles. The quantitative estimate of drug-likeness (QED) is 0.156. The molecule has 0 fully saturated rings. The Balaban J connectivity index is 3.31. The Morgan fingerprint density at radius 3 is 2.60 bits per heavy atom. The summed E-state index contributed by atoms with van der Waals surface area (Å²) in [6, 6.07) is 0. The van der Waals surface area contributed by atoms with Crippen LogP contribution < -0.4 is 0 Å². The van der Waals surface area contributed by atoms with E-state index < -0.39 is 0 Å². The first-order chi connectivity index (χ1) is 2.41. The number of rotatable bonds is 1. The summed E-state index contributed by atoms with van der Waals surface area (Å²) >= 11 is 0. The molecule has 0 bridgehead atoms. The van der Waals surface area contributed by atoms with Gasteiger partial charge in [0.1, 0.15) is 0 Å². The van der Waals surface area contributed by atoms with Crippen LogP contribution in [0.1, 0.15) is 0 Å². The highest BCUT2D eigenvalue weighted by atomic mass is 15.1. The SMILES string of the molecule is [N-]=[N+]=NC=N. The lowest BCUT2D eigenvalue weighted by molar-refractivity contribution is 1.49. The molecule has 1 N–H and O–H groups in total. The van der Waals surface area contributed by atoms with Gasteiger partial charge in [-0.3, -0.25) is 0 Å². The van der Waals surface area contributed by atoms with Crippen LogP contribution in [0.4, 0.5) is 0 Å². The summed E-state index contributed by atoms with van der Waals surface area (Å²) in [4.78, 5) is 2.24. The highest BCUT2D eigenvalue weighted by Crippen LogP contribution is 1.51. The Morgan fingerprint density at radius 2 is 2.60 bits per heavy atom. The lowest BCUT2D eigenvalue weighted by Crippen LogP contribution is -1.41. The van der Waals surface area contributed by atoms with Gasteiger partial charge in [-0.15, -0.1) is 0 Å². The van der Waals surface area contributed by atoms with E-state index in [9.17, 15) is 0 Å². The molecule has 0 atom stereocenters. The third-order valence-corrected chi connectivity index (χ3v) is 0.109. The van der Waals surface area contributed by atoms with Crippen molar-refractivity contribution < 1.29 is 0 Å². The van der Waals surface area contributed by atoms with Crippen LogP contribution in [0, 0.1) is 5.41 Å². The number of hydrogen-bond acceptors (Lipinski definition) is 1. The van der Waals surface area contributed by atoms with Gasteiger partial charge in [0.05, 0.1) is 6.34 Å². The number of azide groups is 1. The molecule has 26 valence electrons. The molecule has 0 aromatic heterocycles. The second-order valence-electron chi connectivity index (χ2n) is 0.334. The Morgan fingerprint density at radius 1 is 2.00 bits per heavy atom. The zero-order valence-electron chi connectivity index (χ0n) is 2.42. The Labute approximate surface area is 28.6 Å². The topological polar surface area (TPSA) is 72.6 Å². The molecule has 0 aromatic rings. The van der Waals surface area contributed by atoms with E-state index in [1.807, 2.05) is 0 Å². The second kappa shape index (κ2) is 2.98. The first kappa shape index (κ1) is 3.98. The average Bonchev–Trinajstić information content (AvgIpc) is 1.41. The van der Waals surface area contributed by atoms with E-state index in [0.717, 1.165) is 0 Å². The van der Waals surface area contributed by atoms with E-state index in [1.165, 1.54) is 0 Å². The maximum Gasteiger partial charge on any atom is 0.0811 e. The maximum absolute atomic E-state index is 7.37. The smallest absolute Gasteiger partial charge is 0.0811 e. The van der Waals surface area contributed by atoms with E-state index in [0.29, 0.717) is 6.34 Å². The molecule has 4 heteroatoms. The van der Waals surface area contributed by atoms with Gasteiger partial charge in [0.15, 0.2) is 0 Å². The molecule has 0 unspecified atom stereocenters.